The Hall–Kier alpha value is -1.23. The van der Waals surface area contributed by atoms with E-state index in [9.17, 15) is 0 Å². The highest BCUT2D eigenvalue weighted by molar-refractivity contribution is 7.11. The van der Waals surface area contributed by atoms with Gasteiger partial charge in [0.1, 0.15) is 0 Å². The lowest BCUT2D eigenvalue weighted by molar-refractivity contribution is 0.375. The van der Waals surface area contributed by atoms with Gasteiger partial charge in [0, 0.05) is 17.5 Å². The number of rotatable bonds is 3. The molecule has 2 rings (SSSR count). The van der Waals surface area contributed by atoms with Gasteiger partial charge >= 0.3 is 0 Å². The van der Waals surface area contributed by atoms with Crippen molar-refractivity contribution in [1.29, 1.82) is 0 Å². The summed E-state index contributed by atoms with van der Waals surface area (Å²) in [4.78, 5) is 9.59. The van der Waals surface area contributed by atoms with Crippen LogP contribution in [0, 0.1) is 13.8 Å². The minimum atomic E-state index is 0.695. The van der Waals surface area contributed by atoms with Crippen molar-refractivity contribution in [3.05, 3.63) is 27.8 Å². The van der Waals surface area contributed by atoms with Gasteiger partial charge in [0.15, 0.2) is 5.82 Å². The molecule has 4 nitrogen and oxygen atoms in total. The van der Waals surface area contributed by atoms with Crippen LogP contribution in [-0.2, 0) is 12.8 Å². The second kappa shape index (κ2) is 3.88. The third-order valence-corrected chi connectivity index (χ3v) is 2.80. The maximum atomic E-state index is 5.02. The maximum Gasteiger partial charge on any atom is 0.226 e. The fourth-order valence-corrected chi connectivity index (χ4v) is 1.99. The summed E-state index contributed by atoms with van der Waals surface area (Å²) in [7, 11) is 0. The van der Waals surface area contributed by atoms with Gasteiger partial charge < -0.3 is 4.52 Å². The number of hydrogen-bond acceptors (Lipinski definition) is 5. The lowest BCUT2D eigenvalue weighted by Crippen LogP contribution is -1.88. The molecule has 0 fully saturated rings. The van der Waals surface area contributed by atoms with Crippen LogP contribution in [0.3, 0.4) is 0 Å². The summed E-state index contributed by atoms with van der Waals surface area (Å²) in [5.74, 6) is 1.40. The number of nitrogens with zero attached hydrogens (tertiary/aromatic N) is 3. The summed E-state index contributed by atoms with van der Waals surface area (Å²) in [6.07, 6.45) is 3.62. The van der Waals surface area contributed by atoms with Gasteiger partial charge in [0.2, 0.25) is 5.89 Å². The molecule has 2 aromatic rings. The van der Waals surface area contributed by atoms with Gasteiger partial charge in [-0.3, -0.25) is 0 Å². The largest absolute Gasteiger partial charge is 0.339 e. The first-order valence-corrected chi connectivity index (χ1v) is 5.26. The Morgan fingerprint density at radius 3 is 2.79 bits per heavy atom. The first-order chi connectivity index (χ1) is 6.74. The molecule has 14 heavy (non-hydrogen) atoms. The van der Waals surface area contributed by atoms with Crippen LogP contribution < -0.4 is 0 Å². The summed E-state index contributed by atoms with van der Waals surface area (Å²) >= 11 is 1.71. The highest BCUT2D eigenvalue weighted by Crippen LogP contribution is 2.13. The monoisotopic (exact) mass is 209 g/mol. The van der Waals surface area contributed by atoms with Crippen molar-refractivity contribution >= 4 is 11.3 Å². The topological polar surface area (TPSA) is 51.8 Å². The maximum absolute atomic E-state index is 5.02. The van der Waals surface area contributed by atoms with Gasteiger partial charge in [-0.25, -0.2) is 4.98 Å². The Labute approximate surface area is 86.0 Å². The van der Waals surface area contributed by atoms with E-state index in [2.05, 4.69) is 15.1 Å². The van der Waals surface area contributed by atoms with Crippen LogP contribution in [-0.4, -0.2) is 15.1 Å². The Balaban J connectivity index is 1.94. The smallest absolute Gasteiger partial charge is 0.226 e. The molecule has 0 radical (unpaired) electrons. The molecule has 0 aliphatic rings. The summed E-state index contributed by atoms with van der Waals surface area (Å²) < 4.78 is 5.02. The van der Waals surface area contributed by atoms with Gasteiger partial charge in [0.05, 0.1) is 5.01 Å². The predicted molar refractivity (Wildman–Crippen MR) is 53.3 cm³/mol. The molecule has 0 bridgehead atoms. The Morgan fingerprint density at radius 2 is 2.21 bits per heavy atom. The molecular weight excluding hydrogens is 198 g/mol. The van der Waals surface area contributed by atoms with Crippen LogP contribution in [0.1, 0.15) is 21.6 Å². The molecule has 0 saturated carbocycles. The second-order valence-corrected chi connectivity index (χ2v) is 4.40. The first-order valence-electron chi connectivity index (χ1n) is 4.44. The van der Waals surface area contributed by atoms with E-state index in [-0.39, 0.29) is 0 Å². The number of aromatic nitrogens is 3. The predicted octanol–water partition coefficient (Wildman–Crippen LogP) is 1.93. The van der Waals surface area contributed by atoms with Crippen molar-refractivity contribution in [3.63, 3.8) is 0 Å². The summed E-state index contributed by atoms with van der Waals surface area (Å²) in [5.41, 5.74) is 0. The summed E-state index contributed by atoms with van der Waals surface area (Å²) in [6, 6.07) is 0. The van der Waals surface area contributed by atoms with Crippen LogP contribution in [0.4, 0.5) is 0 Å². The third kappa shape index (κ3) is 2.17. The third-order valence-electron chi connectivity index (χ3n) is 1.82. The van der Waals surface area contributed by atoms with Crippen LogP contribution in [0.5, 0.6) is 0 Å². The average Bonchev–Trinajstić information content (AvgIpc) is 2.72. The van der Waals surface area contributed by atoms with E-state index in [0.29, 0.717) is 11.7 Å². The minimum absolute atomic E-state index is 0.695. The lowest BCUT2D eigenvalue weighted by Gasteiger charge is -1.90. The van der Waals surface area contributed by atoms with E-state index < -0.39 is 0 Å². The van der Waals surface area contributed by atoms with Gasteiger partial charge in [-0.05, 0) is 20.3 Å². The normalized spacial score (nSPS) is 10.7. The molecule has 2 heterocycles. The first kappa shape index (κ1) is 9.33. The van der Waals surface area contributed by atoms with E-state index >= 15 is 0 Å². The zero-order valence-corrected chi connectivity index (χ0v) is 8.97. The quantitative estimate of drug-likeness (QED) is 0.775. The number of thiazole rings is 1. The van der Waals surface area contributed by atoms with Crippen molar-refractivity contribution in [1.82, 2.24) is 15.1 Å². The van der Waals surface area contributed by atoms with Crippen LogP contribution in [0.2, 0.25) is 0 Å². The zero-order chi connectivity index (χ0) is 9.97. The van der Waals surface area contributed by atoms with E-state index in [1.54, 1.807) is 11.3 Å². The Bertz CT molecular complexity index is 381. The van der Waals surface area contributed by atoms with Crippen molar-refractivity contribution in [2.45, 2.75) is 26.7 Å². The molecule has 5 heteroatoms. The minimum Gasteiger partial charge on any atom is -0.339 e. The fraction of sp³-hybridized carbons (Fsp3) is 0.444. The van der Waals surface area contributed by atoms with E-state index in [4.69, 9.17) is 4.52 Å². The van der Waals surface area contributed by atoms with Crippen molar-refractivity contribution in [2.75, 3.05) is 0 Å². The summed E-state index contributed by atoms with van der Waals surface area (Å²) in [5, 5.41) is 4.83. The van der Waals surface area contributed by atoms with Crippen LogP contribution in [0.25, 0.3) is 0 Å². The van der Waals surface area contributed by atoms with E-state index in [0.717, 1.165) is 17.8 Å². The molecule has 0 saturated heterocycles. The molecule has 0 aromatic carbocycles. The number of aryl methyl sites for hydroxylation is 4. The lowest BCUT2D eigenvalue weighted by atomic mass is 10.3. The molecule has 0 amide bonds. The fourth-order valence-electron chi connectivity index (χ4n) is 1.19. The molecule has 0 spiro atoms. The number of hydrogen-bond donors (Lipinski definition) is 0. The SMILES string of the molecule is Cc1noc(CCc2cnc(C)s2)n1. The Morgan fingerprint density at radius 1 is 1.36 bits per heavy atom. The van der Waals surface area contributed by atoms with Crippen molar-refractivity contribution in [2.24, 2.45) is 0 Å². The van der Waals surface area contributed by atoms with E-state index in [1.807, 2.05) is 20.0 Å². The van der Waals surface area contributed by atoms with Gasteiger partial charge in [0.25, 0.3) is 0 Å². The van der Waals surface area contributed by atoms with Gasteiger partial charge in [-0.15, -0.1) is 11.3 Å². The average molecular weight is 209 g/mol. The highest BCUT2D eigenvalue weighted by Gasteiger charge is 2.04. The van der Waals surface area contributed by atoms with Crippen LogP contribution in [0.15, 0.2) is 10.7 Å². The molecule has 0 N–H and O–H groups in total. The molecule has 0 atom stereocenters. The van der Waals surface area contributed by atoms with Gasteiger partial charge in [-0.2, -0.15) is 4.98 Å². The molecule has 0 aliphatic carbocycles. The van der Waals surface area contributed by atoms with Crippen molar-refractivity contribution in [3.8, 4) is 0 Å². The van der Waals surface area contributed by atoms with Gasteiger partial charge in [-0.1, -0.05) is 5.16 Å². The summed E-state index contributed by atoms with van der Waals surface area (Å²) in [6.45, 7) is 3.83. The molecule has 2 aromatic heterocycles. The highest BCUT2D eigenvalue weighted by atomic mass is 32.1. The zero-order valence-electron chi connectivity index (χ0n) is 8.15. The Kier molecular flexibility index (Phi) is 2.58. The molecule has 74 valence electrons. The second-order valence-electron chi connectivity index (χ2n) is 3.08. The van der Waals surface area contributed by atoms with Crippen molar-refractivity contribution < 1.29 is 4.52 Å². The van der Waals surface area contributed by atoms with E-state index in [1.165, 1.54) is 4.88 Å². The molecule has 0 aliphatic heterocycles. The van der Waals surface area contributed by atoms with Crippen LogP contribution >= 0.6 is 11.3 Å². The molecular formula is C9H11N3OS. The molecule has 0 unspecified atom stereocenters. The standard InChI is InChI=1S/C9H11N3OS/c1-6-11-9(13-12-6)4-3-8-5-10-7(2)14-8/h5H,3-4H2,1-2H3.